The van der Waals surface area contributed by atoms with Crippen LogP contribution in [0.4, 0.5) is 0 Å². The van der Waals surface area contributed by atoms with E-state index in [2.05, 4.69) is 24.1 Å². The molecule has 3 heteroatoms. The van der Waals surface area contributed by atoms with Crippen molar-refractivity contribution in [2.75, 3.05) is 39.4 Å². The molecule has 1 rings (SSSR count). The van der Waals surface area contributed by atoms with Gasteiger partial charge in [-0.05, 0) is 32.9 Å². The highest BCUT2D eigenvalue weighted by Gasteiger charge is 2.16. The molecule has 0 aromatic carbocycles. The van der Waals surface area contributed by atoms with E-state index >= 15 is 0 Å². The van der Waals surface area contributed by atoms with E-state index < -0.39 is 0 Å². The standard InChI is InChI=1S/C12H26N2O/c1-3-6-12-11-14(8-5-7-13-12)9-10-15-4-2/h12-13H,3-11H2,1-2H3. The number of nitrogens with zero attached hydrogens (tertiary/aromatic N) is 1. The second-order valence-corrected chi connectivity index (χ2v) is 4.29. The molecule has 1 heterocycles. The SMILES string of the molecule is CCCC1CN(CCOCC)CCCN1. The van der Waals surface area contributed by atoms with Crippen molar-refractivity contribution in [3.8, 4) is 0 Å². The van der Waals surface area contributed by atoms with E-state index in [0.717, 1.165) is 19.8 Å². The Bertz CT molecular complexity index is 153. The van der Waals surface area contributed by atoms with E-state index in [4.69, 9.17) is 4.74 Å². The number of ether oxygens (including phenoxy) is 1. The van der Waals surface area contributed by atoms with E-state index in [1.165, 1.54) is 38.9 Å². The Morgan fingerprint density at radius 1 is 1.40 bits per heavy atom. The van der Waals surface area contributed by atoms with E-state index in [-0.39, 0.29) is 0 Å². The molecule has 1 saturated heterocycles. The van der Waals surface area contributed by atoms with Gasteiger partial charge in [-0.1, -0.05) is 13.3 Å². The van der Waals surface area contributed by atoms with Crippen LogP contribution in [0.3, 0.4) is 0 Å². The quantitative estimate of drug-likeness (QED) is 0.678. The maximum absolute atomic E-state index is 5.41. The minimum absolute atomic E-state index is 0.694. The fourth-order valence-corrected chi connectivity index (χ4v) is 2.16. The van der Waals surface area contributed by atoms with Crippen LogP contribution in [-0.4, -0.2) is 50.3 Å². The fourth-order valence-electron chi connectivity index (χ4n) is 2.16. The van der Waals surface area contributed by atoms with Crippen LogP contribution in [0, 0.1) is 0 Å². The first-order chi connectivity index (χ1) is 7.36. The zero-order chi connectivity index (χ0) is 10.9. The van der Waals surface area contributed by atoms with E-state index in [0.29, 0.717) is 6.04 Å². The van der Waals surface area contributed by atoms with Crippen LogP contribution in [0.25, 0.3) is 0 Å². The van der Waals surface area contributed by atoms with Gasteiger partial charge in [-0.15, -0.1) is 0 Å². The van der Waals surface area contributed by atoms with Crippen LogP contribution in [0.5, 0.6) is 0 Å². The van der Waals surface area contributed by atoms with Crippen molar-refractivity contribution in [2.45, 2.75) is 39.2 Å². The molecule has 1 aliphatic rings. The van der Waals surface area contributed by atoms with Gasteiger partial charge in [-0.2, -0.15) is 0 Å². The third-order valence-corrected chi connectivity index (χ3v) is 2.96. The smallest absolute Gasteiger partial charge is 0.0593 e. The van der Waals surface area contributed by atoms with Crippen molar-refractivity contribution in [2.24, 2.45) is 0 Å². The third-order valence-electron chi connectivity index (χ3n) is 2.96. The summed E-state index contributed by atoms with van der Waals surface area (Å²) in [6, 6.07) is 0.694. The summed E-state index contributed by atoms with van der Waals surface area (Å²) >= 11 is 0. The van der Waals surface area contributed by atoms with Gasteiger partial charge in [0.25, 0.3) is 0 Å². The van der Waals surface area contributed by atoms with Gasteiger partial charge < -0.3 is 10.1 Å². The molecule has 1 fully saturated rings. The van der Waals surface area contributed by atoms with E-state index in [1.807, 2.05) is 0 Å². The molecular formula is C12H26N2O. The maximum Gasteiger partial charge on any atom is 0.0593 e. The van der Waals surface area contributed by atoms with Gasteiger partial charge in [0.05, 0.1) is 6.61 Å². The molecule has 0 saturated carbocycles. The Hall–Kier alpha value is -0.120. The lowest BCUT2D eigenvalue weighted by Gasteiger charge is -2.23. The van der Waals surface area contributed by atoms with Gasteiger partial charge in [0.2, 0.25) is 0 Å². The molecular weight excluding hydrogens is 188 g/mol. The number of hydrogen-bond acceptors (Lipinski definition) is 3. The van der Waals surface area contributed by atoms with Gasteiger partial charge in [0.1, 0.15) is 0 Å². The van der Waals surface area contributed by atoms with Gasteiger partial charge in [-0.3, -0.25) is 4.90 Å². The molecule has 1 atom stereocenters. The summed E-state index contributed by atoms with van der Waals surface area (Å²) in [5.41, 5.74) is 0. The highest BCUT2D eigenvalue weighted by molar-refractivity contribution is 4.75. The topological polar surface area (TPSA) is 24.5 Å². The van der Waals surface area contributed by atoms with Crippen molar-refractivity contribution in [1.29, 1.82) is 0 Å². The number of nitrogens with one attached hydrogen (secondary N) is 1. The molecule has 1 N–H and O–H groups in total. The fraction of sp³-hybridized carbons (Fsp3) is 1.00. The lowest BCUT2D eigenvalue weighted by Crippen LogP contribution is -2.38. The van der Waals surface area contributed by atoms with Crippen molar-refractivity contribution >= 4 is 0 Å². The highest BCUT2D eigenvalue weighted by Crippen LogP contribution is 2.05. The molecule has 0 bridgehead atoms. The molecule has 0 amide bonds. The minimum Gasteiger partial charge on any atom is -0.380 e. The monoisotopic (exact) mass is 214 g/mol. The molecule has 0 aromatic rings. The molecule has 0 aliphatic carbocycles. The molecule has 90 valence electrons. The second-order valence-electron chi connectivity index (χ2n) is 4.29. The van der Waals surface area contributed by atoms with Gasteiger partial charge >= 0.3 is 0 Å². The largest absolute Gasteiger partial charge is 0.380 e. The van der Waals surface area contributed by atoms with Gasteiger partial charge in [-0.25, -0.2) is 0 Å². The first-order valence-corrected chi connectivity index (χ1v) is 6.40. The van der Waals surface area contributed by atoms with Crippen LogP contribution in [0.2, 0.25) is 0 Å². The molecule has 3 nitrogen and oxygen atoms in total. The van der Waals surface area contributed by atoms with E-state index in [1.54, 1.807) is 0 Å². The molecule has 1 aliphatic heterocycles. The molecule has 0 spiro atoms. The summed E-state index contributed by atoms with van der Waals surface area (Å²) in [6.45, 7) is 10.7. The molecule has 0 radical (unpaired) electrons. The zero-order valence-electron chi connectivity index (χ0n) is 10.3. The van der Waals surface area contributed by atoms with Crippen LogP contribution < -0.4 is 5.32 Å². The predicted octanol–water partition coefficient (Wildman–Crippen LogP) is 1.49. The van der Waals surface area contributed by atoms with Crippen LogP contribution in [0.1, 0.15) is 33.1 Å². The molecule has 1 unspecified atom stereocenters. The van der Waals surface area contributed by atoms with Crippen molar-refractivity contribution in [3.05, 3.63) is 0 Å². The summed E-state index contributed by atoms with van der Waals surface area (Å²) in [6.07, 6.45) is 3.84. The summed E-state index contributed by atoms with van der Waals surface area (Å²) < 4.78 is 5.41. The normalized spacial score (nSPS) is 24.0. The summed E-state index contributed by atoms with van der Waals surface area (Å²) in [7, 11) is 0. The third kappa shape index (κ3) is 5.50. The Morgan fingerprint density at radius 2 is 2.27 bits per heavy atom. The average molecular weight is 214 g/mol. The lowest BCUT2D eigenvalue weighted by molar-refractivity contribution is 0.112. The Morgan fingerprint density at radius 3 is 3.00 bits per heavy atom. The highest BCUT2D eigenvalue weighted by atomic mass is 16.5. The summed E-state index contributed by atoms with van der Waals surface area (Å²) in [5.74, 6) is 0. The predicted molar refractivity (Wildman–Crippen MR) is 64.2 cm³/mol. The Labute approximate surface area is 94.2 Å². The Balaban J connectivity index is 2.22. The molecule has 15 heavy (non-hydrogen) atoms. The molecule has 0 aromatic heterocycles. The van der Waals surface area contributed by atoms with Gasteiger partial charge in [0.15, 0.2) is 0 Å². The van der Waals surface area contributed by atoms with Crippen molar-refractivity contribution in [3.63, 3.8) is 0 Å². The van der Waals surface area contributed by atoms with Crippen LogP contribution in [-0.2, 0) is 4.74 Å². The number of rotatable bonds is 6. The number of hydrogen-bond donors (Lipinski definition) is 1. The maximum atomic E-state index is 5.41. The zero-order valence-corrected chi connectivity index (χ0v) is 10.3. The minimum atomic E-state index is 0.694. The first-order valence-electron chi connectivity index (χ1n) is 6.40. The first kappa shape index (κ1) is 12.9. The van der Waals surface area contributed by atoms with Crippen LogP contribution >= 0.6 is 0 Å². The van der Waals surface area contributed by atoms with Crippen molar-refractivity contribution < 1.29 is 4.74 Å². The van der Waals surface area contributed by atoms with Crippen LogP contribution in [0.15, 0.2) is 0 Å². The summed E-state index contributed by atoms with van der Waals surface area (Å²) in [5, 5.41) is 3.62. The van der Waals surface area contributed by atoms with Crippen molar-refractivity contribution in [1.82, 2.24) is 10.2 Å². The summed E-state index contributed by atoms with van der Waals surface area (Å²) in [4.78, 5) is 2.54. The van der Waals surface area contributed by atoms with Gasteiger partial charge in [0, 0.05) is 25.7 Å². The Kier molecular flexibility index (Phi) is 6.98. The second kappa shape index (κ2) is 8.08. The van der Waals surface area contributed by atoms with E-state index in [9.17, 15) is 0 Å². The average Bonchev–Trinajstić information content (AvgIpc) is 2.45. The lowest BCUT2D eigenvalue weighted by atomic mass is 10.1.